The third-order valence-electron chi connectivity index (χ3n) is 3.09. The van der Waals surface area contributed by atoms with Gasteiger partial charge in [0.05, 0.1) is 0 Å². The van der Waals surface area contributed by atoms with Crippen molar-refractivity contribution in [1.29, 1.82) is 0 Å². The maximum Gasteiger partial charge on any atom is 0.523 e. The number of benzene rings is 1. The lowest BCUT2D eigenvalue weighted by Crippen LogP contribution is -2.27. The molecule has 0 aromatic heterocycles. The van der Waals surface area contributed by atoms with Gasteiger partial charge in [0.25, 0.3) is 0 Å². The van der Waals surface area contributed by atoms with Gasteiger partial charge in [-0.2, -0.15) is 21.6 Å². The average molecular weight is 294 g/mol. The quantitative estimate of drug-likeness (QED) is 0.477. The molecule has 0 bridgehead atoms. The van der Waals surface area contributed by atoms with Crippen molar-refractivity contribution in [3.8, 4) is 0 Å². The van der Waals surface area contributed by atoms with Crippen LogP contribution in [0.15, 0.2) is 24.3 Å². The number of rotatable bonds is 2. The summed E-state index contributed by atoms with van der Waals surface area (Å²) in [4.78, 5) is 0. The summed E-state index contributed by atoms with van der Waals surface area (Å²) in [7, 11) is -5.56. The second kappa shape index (κ2) is 5.13. The summed E-state index contributed by atoms with van der Waals surface area (Å²) in [5, 5.41) is 0. The van der Waals surface area contributed by atoms with Crippen molar-refractivity contribution < 1.29 is 25.8 Å². The van der Waals surface area contributed by atoms with Crippen molar-refractivity contribution in [3.63, 3.8) is 0 Å². The fourth-order valence-corrected chi connectivity index (χ4v) is 2.80. The summed E-state index contributed by atoms with van der Waals surface area (Å²) in [6.07, 6.45) is 1.38. The average Bonchev–Trinajstić information content (AvgIpc) is 2.50. The zero-order chi connectivity index (χ0) is 14.1. The van der Waals surface area contributed by atoms with E-state index in [2.05, 4.69) is 4.18 Å². The van der Waals surface area contributed by atoms with Gasteiger partial charge in [0.15, 0.2) is 0 Å². The van der Waals surface area contributed by atoms with Crippen LogP contribution in [0.2, 0.25) is 0 Å². The Balaban J connectivity index is 2.31. The van der Waals surface area contributed by atoms with Crippen LogP contribution in [0.5, 0.6) is 0 Å². The van der Waals surface area contributed by atoms with Crippen LogP contribution < -0.4 is 0 Å². The molecule has 2 rings (SSSR count). The normalized spacial score (nSPS) is 20.7. The molecular formula is C12H13F3O3S. The van der Waals surface area contributed by atoms with Crippen LogP contribution in [0.1, 0.15) is 36.5 Å². The van der Waals surface area contributed by atoms with E-state index in [9.17, 15) is 21.6 Å². The molecule has 0 amide bonds. The van der Waals surface area contributed by atoms with Crippen LogP contribution in [0, 0.1) is 0 Å². The first-order valence-electron chi connectivity index (χ1n) is 5.88. The number of aryl methyl sites for hydroxylation is 1. The summed E-state index contributed by atoms with van der Waals surface area (Å²) >= 11 is 0. The van der Waals surface area contributed by atoms with Crippen LogP contribution in [0.25, 0.3) is 0 Å². The predicted octanol–water partition coefficient (Wildman–Crippen LogP) is 3.32. The summed E-state index contributed by atoms with van der Waals surface area (Å²) in [6.45, 7) is 0. The fraction of sp³-hybridized carbons (Fsp3) is 0.500. The first-order valence-corrected chi connectivity index (χ1v) is 7.29. The van der Waals surface area contributed by atoms with E-state index in [1.165, 1.54) is 0 Å². The standard InChI is InChI=1S/C12H13F3O3S/c13-12(14,15)19(16,17)18-11-8-4-2-6-9-5-1-3-7-10(9)11/h1,3,5,7,11H,2,4,6,8H2. The molecule has 0 heterocycles. The summed E-state index contributed by atoms with van der Waals surface area (Å²) in [6, 6.07) is 6.86. The molecule has 106 valence electrons. The summed E-state index contributed by atoms with van der Waals surface area (Å²) in [5.41, 5.74) is -4.00. The summed E-state index contributed by atoms with van der Waals surface area (Å²) < 4.78 is 63.6. The minimum Gasteiger partial charge on any atom is -0.255 e. The molecule has 0 aliphatic heterocycles. The van der Waals surface area contributed by atoms with E-state index in [-0.39, 0.29) is 6.42 Å². The van der Waals surface area contributed by atoms with Gasteiger partial charge in [-0.3, -0.25) is 4.18 Å². The molecule has 1 aliphatic carbocycles. The molecule has 0 radical (unpaired) electrons. The second-order valence-electron chi connectivity index (χ2n) is 4.43. The van der Waals surface area contributed by atoms with Gasteiger partial charge in [-0.05, 0) is 30.4 Å². The molecule has 7 heteroatoms. The molecule has 0 fully saturated rings. The first kappa shape index (κ1) is 14.3. The highest BCUT2D eigenvalue weighted by Crippen LogP contribution is 2.36. The molecular weight excluding hydrogens is 281 g/mol. The molecule has 1 aliphatic rings. The van der Waals surface area contributed by atoms with Crippen molar-refractivity contribution in [2.75, 3.05) is 0 Å². The zero-order valence-corrected chi connectivity index (χ0v) is 10.8. The molecule has 0 spiro atoms. The van der Waals surface area contributed by atoms with Crippen molar-refractivity contribution in [2.24, 2.45) is 0 Å². The van der Waals surface area contributed by atoms with E-state index in [1.807, 2.05) is 0 Å². The SMILES string of the molecule is O=S(=O)(OC1CCCCc2ccccc21)C(F)(F)F. The maximum atomic E-state index is 12.4. The third-order valence-corrected chi connectivity index (χ3v) is 4.14. The molecule has 1 atom stereocenters. The molecule has 0 saturated heterocycles. The minimum atomic E-state index is -5.56. The number of hydrogen-bond donors (Lipinski definition) is 0. The summed E-state index contributed by atoms with van der Waals surface area (Å²) in [5.74, 6) is 0. The highest BCUT2D eigenvalue weighted by Gasteiger charge is 2.48. The van der Waals surface area contributed by atoms with Crippen LogP contribution >= 0.6 is 0 Å². The Bertz CT molecular complexity index is 552. The topological polar surface area (TPSA) is 43.4 Å². The monoisotopic (exact) mass is 294 g/mol. The Morgan fingerprint density at radius 3 is 2.53 bits per heavy atom. The zero-order valence-electron chi connectivity index (χ0n) is 9.98. The highest BCUT2D eigenvalue weighted by molar-refractivity contribution is 7.87. The molecule has 1 aromatic rings. The lowest BCUT2D eigenvalue weighted by Gasteiger charge is -2.18. The molecule has 1 unspecified atom stereocenters. The van der Waals surface area contributed by atoms with Gasteiger partial charge in [0.1, 0.15) is 6.10 Å². The van der Waals surface area contributed by atoms with E-state index in [0.717, 1.165) is 18.4 Å². The van der Waals surface area contributed by atoms with Crippen molar-refractivity contribution in [1.82, 2.24) is 0 Å². The Labute approximate surface area is 109 Å². The maximum absolute atomic E-state index is 12.4. The van der Waals surface area contributed by atoms with Crippen molar-refractivity contribution in [2.45, 2.75) is 37.3 Å². The van der Waals surface area contributed by atoms with Crippen LogP contribution in [-0.4, -0.2) is 13.9 Å². The Kier molecular flexibility index (Phi) is 3.87. The predicted molar refractivity (Wildman–Crippen MR) is 62.8 cm³/mol. The smallest absolute Gasteiger partial charge is 0.255 e. The van der Waals surface area contributed by atoms with Crippen molar-refractivity contribution >= 4 is 10.1 Å². The number of fused-ring (bicyclic) bond motifs is 1. The lowest BCUT2D eigenvalue weighted by atomic mass is 10.0. The van der Waals surface area contributed by atoms with Gasteiger partial charge in [0.2, 0.25) is 0 Å². The second-order valence-corrected chi connectivity index (χ2v) is 5.99. The largest absolute Gasteiger partial charge is 0.523 e. The number of hydrogen-bond acceptors (Lipinski definition) is 3. The van der Waals surface area contributed by atoms with Gasteiger partial charge in [-0.1, -0.05) is 30.7 Å². The van der Waals surface area contributed by atoms with Gasteiger partial charge in [-0.25, -0.2) is 0 Å². The Morgan fingerprint density at radius 2 is 1.84 bits per heavy atom. The molecule has 0 saturated carbocycles. The van der Waals surface area contributed by atoms with Crippen molar-refractivity contribution in [3.05, 3.63) is 35.4 Å². The van der Waals surface area contributed by atoms with Gasteiger partial charge >= 0.3 is 15.6 Å². The Hall–Kier alpha value is -1.08. The van der Waals surface area contributed by atoms with E-state index < -0.39 is 21.7 Å². The van der Waals surface area contributed by atoms with E-state index in [4.69, 9.17) is 0 Å². The minimum absolute atomic E-state index is 0.270. The fourth-order valence-electron chi connectivity index (χ4n) is 2.18. The molecule has 3 nitrogen and oxygen atoms in total. The lowest BCUT2D eigenvalue weighted by molar-refractivity contribution is -0.0577. The van der Waals surface area contributed by atoms with Crippen LogP contribution in [0.4, 0.5) is 13.2 Å². The number of alkyl halides is 3. The first-order chi connectivity index (χ1) is 8.81. The highest BCUT2D eigenvalue weighted by atomic mass is 32.2. The van der Waals surface area contributed by atoms with Crippen LogP contribution in [0.3, 0.4) is 0 Å². The van der Waals surface area contributed by atoms with E-state index in [0.29, 0.717) is 12.0 Å². The van der Waals surface area contributed by atoms with Gasteiger partial charge in [-0.15, -0.1) is 0 Å². The van der Waals surface area contributed by atoms with Gasteiger partial charge < -0.3 is 0 Å². The third kappa shape index (κ3) is 3.09. The molecule has 1 aromatic carbocycles. The van der Waals surface area contributed by atoms with E-state index >= 15 is 0 Å². The Morgan fingerprint density at radius 1 is 1.16 bits per heavy atom. The van der Waals surface area contributed by atoms with Gasteiger partial charge in [0, 0.05) is 0 Å². The van der Waals surface area contributed by atoms with Crippen LogP contribution in [-0.2, 0) is 20.7 Å². The molecule has 0 N–H and O–H groups in total. The van der Waals surface area contributed by atoms with E-state index in [1.54, 1.807) is 24.3 Å². The number of halogens is 3. The molecule has 19 heavy (non-hydrogen) atoms.